The molecule has 1 aliphatic carbocycles. The van der Waals surface area contributed by atoms with Crippen molar-refractivity contribution >= 4 is 0 Å². The van der Waals surface area contributed by atoms with Gasteiger partial charge >= 0.3 is 0 Å². The summed E-state index contributed by atoms with van der Waals surface area (Å²) in [5, 5.41) is 0. The van der Waals surface area contributed by atoms with Crippen molar-refractivity contribution in [2.24, 2.45) is 23.7 Å². The average molecular weight is 178 g/mol. The van der Waals surface area contributed by atoms with Gasteiger partial charge in [0.2, 0.25) is 0 Å². The Hall–Kier alpha value is -0.520. The molecule has 0 aliphatic heterocycles. The Morgan fingerprint density at radius 3 is 2.23 bits per heavy atom. The van der Waals surface area contributed by atoms with Crippen LogP contribution in [0.5, 0.6) is 0 Å². The van der Waals surface area contributed by atoms with E-state index >= 15 is 0 Å². The summed E-state index contributed by atoms with van der Waals surface area (Å²) in [7, 11) is 0. The van der Waals surface area contributed by atoms with Crippen LogP contribution in [0.4, 0.5) is 0 Å². The summed E-state index contributed by atoms with van der Waals surface area (Å²) in [4.78, 5) is 0. The van der Waals surface area contributed by atoms with Crippen LogP contribution in [0.25, 0.3) is 0 Å². The van der Waals surface area contributed by atoms with Gasteiger partial charge in [0, 0.05) is 0 Å². The first-order chi connectivity index (χ1) is 6.04. The fourth-order valence-corrected chi connectivity index (χ4v) is 2.35. The van der Waals surface area contributed by atoms with E-state index in [2.05, 4.69) is 52.8 Å². The third-order valence-electron chi connectivity index (χ3n) is 3.16. The summed E-state index contributed by atoms with van der Waals surface area (Å²) in [6.45, 7) is 11.6. The van der Waals surface area contributed by atoms with E-state index < -0.39 is 0 Å². The Morgan fingerprint density at radius 1 is 1.15 bits per heavy atom. The highest BCUT2D eigenvalue weighted by molar-refractivity contribution is 5.24. The average Bonchev–Trinajstić information content (AvgIpc) is 2.03. The molecule has 0 heterocycles. The van der Waals surface area contributed by atoms with Crippen molar-refractivity contribution in [1.29, 1.82) is 0 Å². The van der Waals surface area contributed by atoms with Crippen LogP contribution in [0.15, 0.2) is 23.8 Å². The van der Waals surface area contributed by atoms with Crippen LogP contribution in [-0.4, -0.2) is 0 Å². The molecule has 74 valence electrons. The second-order valence-electron chi connectivity index (χ2n) is 4.82. The number of rotatable bonds is 2. The topological polar surface area (TPSA) is 0 Å². The molecule has 0 aromatic rings. The maximum atomic E-state index is 2.36. The van der Waals surface area contributed by atoms with Crippen LogP contribution in [-0.2, 0) is 0 Å². The molecule has 0 nitrogen and oxygen atoms in total. The van der Waals surface area contributed by atoms with Crippen molar-refractivity contribution in [3.05, 3.63) is 23.8 Å². The lowest BCUT2D eigenvalue weighted by molar-refractivity contribution is 0.350. The second kappa shape index (κ2) is 4.13. The van der Waals surface area contributed by atoms with Gasteiger partial charge in [-0.1, -0.05) is 58.4 Å². The van der Waals surface area contributed by atoms with E-state index in [1.807, 2.05) is 0 Å². The Bertz CT molecular complexity index is 218. The Balaban J connectivity index is 2.80. The molecule has 1 rings (SSSR count). The predicted octanol–water partition coefficient (Wildman–Crippen LogP) is 4.05. The minimum Gasteiger partial charge on any atom is -0.0806 e. The van der Waals surface area contributed by atoms with Gasteiger partial charge < -0.3 is 0 Å². The minimum absolute atomic E-state index is 0.696. The summed E-state index contributed by atoms with van der Waals surface area (Å²) in [6.07, 6.45) is 6.90. The molecular weight excluding hydrogens is 156 g/mol. The van der Waals surface area contributed by atoms with Crippen LogP contribution >= 0.6 is 0 Å². The van der Waals surface area contributed by atoms with Crippen molar-refractivity contribution in [2.45, 2.75) is 34.6 Å². The zero-order valence-corrected chi connectivity index (χ0v) is 9.54. The highest BCUT2D eigenvalue weighted by Crippen LogP contribution is 2.34. The monoisotopic (exact) mass is 178 g/mol. The Morgan fingerprint density at radius 2 is 1.77 bits per heavy atom. The third kappa shape index (κ3) is 2.24. The van der Waals surface area contributed by atoms with Gasteiger partial charge in [-0.25, -0.2) is 0 Å². The fraction of sp³-hybridized carbons (Fsp3) is 0.692. The molecule has 0 aromatic carbocycles. The molecule has 2 unspecified atom stereocenters. The second-order valence-corrected chi connectivity index (χ2v) is 4.82. The standard InChI is InChI=1S/C13H22/c1-9(2)12-7-6-8-13(10(3)4)11(12)5/h6-12H,1-5H3. The van der Waals surface area contributed by atoms with Gasteiger partial charge in [-0.2, -0.15) is 0 Å². The molecule has 0 fully saturated rings. The number of hydrogen-bond donors (Lipinski definition) is 0. The van der Waals surface area contributed by atoms with Crippen molar-refractivity contribution in [3.63, 3.8) is 0 Å². The summed E-state index contributed by atoms with van der Waals surface area (Å²) in [5.41, 5.74) is 1.61. The van der Waals surface area contributed by atoms with Crippen LogP contribution < -0.4 is 0 Å². The Labute approximate surface area is 82.7 Å². The van der Waals surface area contributed by atoms with Gasteiger partial charge in [-0.3, -0.25) is 0 Å². The van der Waals surface area contributed by atoms with Crippen LogP contribution in [0.3, 0.4) is 0 Å². The van der Waals surface area contributed by atoms with E-state index in [4.69, 9.17) is 0 Å². The van der Waals surface area contributed by atoms with Crippen molar-refractivity contribution in [3.8, 4) is 0 Å². The molecule has 1 aliphatic rings. The van der Waals surface area contributed by atoms with E-state index in [0.717, 1.165) is 17.8 Å². The third-order valence-corrected chi connectivity index (χ3v) is 3.16. The lowest BCUT2D eigenvalue weighted by atomic mass is 9.74. The van der Waals surface area contributed by atoms with E-state index in [1.165, 1.54) is 0 Å². The molecule has 0 N–H and O–H groups in total. The molecular formula is C13H22. The maximum absolute atomic E-state index is 2.36. The molecule has 0 heteroatoms. The highest BCUT2D eigenvalue weighted by atomic mass is 14.3. The molecule has 0 spiro atoms. The van der Waals surface area contributed by atoms with Gasteiger partial charge in [0.25, 0.3) is 0 Å². The largest absolute Gasteiger partial charge is 0.0806 e. The molecule has 0 saturated heterocycles. The lowest BCUT2D eigenvalue weighted by Crippen LogP contribution is -2.21. The van der Waals surface area contributed by atoms with Gasteiger partial charge in [0.15, 0.2) is 0 Å². The van der Waals surface area contributed by atoms with Gasteiger partial charge in [-0.15, -0.1) is 0 Å². The lowest BCUT2D eigenvalue weighted by Gasteiger charge is -2.31. The van der Waals surface area contributed by atoms with Crippen molar-refractivity contribution < 1.29 is 0 Å². The molecule has 0 saturated carbocycles. The summed E-state index contributed by atoms with van der Waals surface area (Å²) in [5.74, 6) is 2.92. The normalized spacial score (nSPS) is 28.4. The SMILES string of the molecule is CC(C)C1=CC=CC(C(C)C)C1C. The molecule has 2 atom stereocenters. The molecule has 0 aromatic heterocycles. The summed E-state index contributed by atoms with van der Waals surface area (Å²) in [6, 6.07) is 0. The van der Waals surface area contributed by atoms with Gasteiger partial charge in [0.1, 0.15) is 0 Å². The van der Waals surface area contributed by atoms with Gasteiger partial charge in [0.05, 0.1) is 0 Å². The van der Waals surface area contributed by atoms with E-state index in [9.17, 15) is 0 Å². The van der Waals surface area contributed by atoms with Crippen molar-refractivity contribution in [1.82, 2.24) is 0 Å². The molecule has 13 heavy (non-hydrogen) atoms. The van der Waals surface area contributed by atoms with Crippen LogP contribution in [0.2, 0.25) is 0 Å². The smallest absolute Gasteiger partial charge is 0.0144 e. The maximum Gasteiger partial charge on any atom is -0.0144 e. The van der Waals surface area contributed by atoms with Gasteiger partial charge in [-0.05, 0) is 23.7 Å². The summed E-state index contributed by atoms with van der Waals surface area (Å²) >= 11 is 0. The zero-order chi connectivity index (χ0) is 10.0. The highest BCUT2D eigenvalue weighted by Gasteiger charge is 2.24. The van der Waals surface area contributed by atoms with Crippen LogP contribution in [0, 0.1) is 23.7 Å². The minimum atomic E-state index is 0.696. The fourth-order valence-electron chi connectivity index (χ4n) is 2.35. The first-order valence-corrected chi connectivity index (χ1v) is 5.42. The predicted molar refractivity (Wildman–Crippen MR) is 59.6 cm³/mol. The molecule has 0 amide bonds. The summed E-state index contributed by atoms with van der Waals surface area (Å²) < 4.78 is 0. The quantitative estimate of drug-likeness (QED) is 0.598. The van der Waals surface area contributed by atoms with E-state index in [0.29, 0.717) is 5.92 Å². The zero-order valence-electron chi connectivity index (χ0n) is 9.54. The first kappa shape index (κ1) is 10.6. The number of allylic oxidation sites excluding steroid dienone is 4. The van der Waals surface area contributed by atoms with E-state index in [1.54, 1.807) is 5.57 Å². The Kier molecular flexibility index (Phi) is 3.35. The van der Waals surface area contributed by atoms with Crippen molar-refractivity contribution in [2.75, 3.05) is 0 Å². The molecule has 0 radical (unpaired) electrons. The first-order valence-electron chi connectivity index (χ1n) is 5.42. The van der Waals surface area contributed by atoms with E-state index in [-0.39, 0.29) is 0 Å². The number of hydrogen-bond acceptors (Lipinski definition) is 0. The van der Waals surface area contributed by atoms with Crippen LogP contribution in [0.1, 0.15) is 34.6 Å². The molecule has 0 bridgehead atoms.